The van der Waals surface area contributed by atoms with E-state index in [1.54, 1.807) is 7.11 Å². The first-order chi connectivity index (χ1) is 46.9. The van der Waals surface area contributed by atoms with E-state index in [1.165, 1.54) is 33.5 Å². The first-order valence-electron chi connectivity index (χ1n) is 37.1. The van der Waals surface area contributed by atoms with Crippen molar-refractivity contribution in [2.75, 3.05) is 34.5 Å². The normalized spacial score (nSPS) is 39.6. The fourth-order valence-electron chi connectivity index (χ4n) is 18.6. The van der Waals surface area contributed by atoms with Crippen LogP contribution in [0.3, 0.4) is 0 Å². The first-order valence-corrected chi connectivity index (χ1v) is 37.1. The van der Waals surface area contributed by atoms with Gasteiger partial charge in [-0.3, -0.25) is 52.7 Å². The Morgan fingerprint density at radius 1 is 0.390 bits per heavy atom. The Bertz CT molecular complexity index is 3150. The molecule has 8 saturated carbocycles. The Hall–Kier alpha value is -5.91. The van der Waals surface area contributed by atoms with Crippen LogP contribution in [0.15, 0.2) is 0 Å². The molecule has 24 heteroatoms. The first kappa shape index (κ1) is 76.7. The molecule has 560 valence electrons. The molecule has 0 spiro atoms. The molecule has 15 fully saturated rings. The van der Waals surface area contributed by atoms with E-state index in [0.717, 1.165) is 44.6 Å². The van der Waals surface area contributed by atoms with Gasteiger partial charge in [-0.25, -0.2) is 0 Å². The van der Waals surface area contributed by atoms with E-state index in [2.05, 4.69) is 11.7 Å². The summed E-state index contributed by atoms with van der Waals surface area (Å²) in [5.74, 6) is 0.334. The second-order valence-corrected chi connectivity index (χ2v) is 34.2. The molecule has 7 saturated heterocycles. The molecule has 7 heterocycles. The van der Waals surface area contributed by atoms with Crippen molar-refractivity contribution in [3.05, 3.63) is 0 Å². The predicted octanol–water partition coefficient (Wildman–Crippen LogP) is 9.11. The Kier molecular flexibility index (Phi) is 22.2. The van der Waals surface area contributed by atoms with E-state index in [-0.39, 0.29) is 161 Å². The summed E-state index contributed by atoms with van der Waals surface area (Å²) >= 11 is 0. The summed E-state index contributed by atoms with van der Waals surface area (Å²) in [5.41, 5.74) is -2.36. The van der Waals surface area contributed by atoms with Gasteiger partial charge in [-0.15, -0.1) is 0 Å². The van der Waals surface area contributed by atoms with Crippen molar-refractivity contribution in [3.63, 3.8) is 0 Å². The summed E-state index contributed by atoms with van der Waals surface area (Å²) in [7, 11) is 4.36. The maximum absolute atomic E-state index is 12.4. The summed E-state index contributed by atoms with van der Waals surface area (Å²) in [6.45, 7) is 31.8. The van der Waals surface area contributed by atoms with E-state index in [0.29, 0.717) is 56.0 Å². The van der Waals surface area contributed by atoms with Crippen LogP contribution in [0.2, 0.25) is 0 Å². The average Bonchev–Trinajstić information content (AvgIpc) is 1.57. The molecule has 27 unspecified atom stereocenters. The quantitative estimate of drug-likeness (QED) is 0.103. The van der Waals surface area contributed by atoms with Crippen LogP contribution in [0.1, 0.15) is 188 Å². The van der Waals surface area contributed by atoms with E-state index in [4.69, 9.17) is 56.8 Å². The highest BCUT2D eigenvalue weighted by Gasteiger charge is 2.72. The van der Waals surface area contributed by atoms with Gasteiger partial charge in [0.25, 0.3) is 0 Å². The zero-order valence-corrected chi connectivity index (χ0v) is 62.3. The molecule has 0 amide bonds. The van der Waals surface area contributed by atoms with Gasteiger partial charge in [0.05, 0.1) is 102 Å². The highest BCUT2D eigenvalue weighted by molar-refractivity contribution is 5.87. The van der Waals surface area contributed by atoms with Crippen LogP contribution >= 0.6 is 0 Å². The summed E-state index contributed by atoms with van der Waals surface area (Å²) < 4.78 is 69.8. The average molecular weight is 1410 g/mol. The van der Waals surface area contributed by atoms with Crippen LogP contribution in [0, 0.1) is 128 Å². The van der Waals surface area contributed by atoms with Crippen molar-refractivity contribution in [2.24, 2.45) is 128 Å². The van der Waals surface area contributed by atoms with Crippen LogP contribution in [-0.2, 0) is 114 Å². The third-order valence-electron chi connectivity index (χ3n) is 27.0. The zero-order chi connectivity index (χ0) is 73.5. The van der Waals surface area contributed by atoms with E-state index in [9.17, 15) is 52.7 Å². The Labute approximate surface area is 588 Å². The molecule has 0 aromatic heterocycles. The van der Waals surface area contributed by atoms with Crippen molar-refractivity contribution < 1.29 is 114 Å². The van der Waals surface area contributed by atoms with E-state index in [1.807, 2.05) is 104 Å². The number of carbonyl (C=O) groups excluding carboxylic acids is 11. The standard InChI is InChI=1S/C16H22O6.C16H24O5.C15H22O4.C13H18O5.C9H12O2.C7H14O2/c1-5-16(2,3)15(19)22-12-7-6-8-10(9(7)13(17)20-4)14(18)21-11(8)12;1-5-16(2,3)15(18)21-13-8-6-9(12(13)19-4)11-10(8)7-20-14(11)17;1-5-15(3,4)14(17)19-11-8-6-9-10(7(8)2)13(16)18-12(9)11;1-4-13(2,3)12(15)18-9-7-5-6-8(16-7)10(9)17-11(6)14;10-9-8-6-2-1-5(3-6)7(8)4-11-9;1-5-7(2,3)6(8)9-4/h7-12H,5-6H2,1-4H3;8-13H,5-7H2,1-4H3;7-12H,5-6H2,1-4H3;6-10H,4-5H2,1-3H3;5-8H,1-4H2;5H2,1-4H3. The SMILES string of the molecule is CCC(C)(C)C(=O)OC.CCC(C)(C)C(=O)OC1C2CC(C1OC)C1C(=O)OCC21.CCC(C)(C)C(=O)OC1C2CC3C(=O)OC1C3O2.CCC(C)(C)C(=O)OC1C2CC3C1OC(=O)C3C2C.CCC(C)(C)C(=O)OC1C2CC3C1OC(=O)C3C2C(=O)OC.O=C1OCC2C3CCC(C3)C12. The zero-order valence-electron chi connectivity index (χ0n) is 62.3. The molecule has 0 aromatic carbocycles. The summed E-state index contributed by atoms with van der Waals surface area (Å²) in [6, 6.07) is 0. The smallest absolute Gasteiger partial charge is 0.312 e. The largest absolute Gasteiger partial charge is 0.469 e. The van der Waals surface area contributed by atoms with Crippen LogP contribution in [0.25, 0.3) is 0 Å². The number of methoxy groups -OCH3 is 3. The highest BCUT2D eigenvalue weighted by Crippen LogP contribution is 2.62. The lowest BCUT2D eigenvalue weighted by molar-refractivity contribution is -0.174. The predicted molar refractivity (Wildman–Crippen MR) is 352 cm³/mol. The molecule has 0 N–H and O–H groups in total. The molecule has 15 rings (SSSR count). The van der Waals surface area contributed by atoms with Crippen LogP contribution < -0.4 is 0 Å². The van der Waals surface area contributed by atoms with E-state index < -0.39 is 63.9 Å². The number of hydrogen-bond acceptors (Lipinski definition) is 24. The number of esters is 11. The fraction of sp³-hybridized carbons (Fsp3) is 0.855. The number of carbonyl (C=O) groups is 11. The van der Waals surface area contributed by atoms with Gasteiger partial charge in [0.1, 0.15) is 36.6 Å². The van der Waals surface area contributed by atoms with Gasteiger partial charge < -0.3 is 61.6 Å². The molecule has 24 nitrogen and oxygen atoms in total. The molecule has 100 heavy (non-hydrogen) atoms. The molecular weight excluding hydrogens is 1300 g/mol. The second-order valence-electron chi connectivity index (χ2n) is 34.2. The lowest BCUT2D eigenvalue weighted by atomic mass is 9.78. The molecule has 15 aliphatic rings. The minimum atomic E-state index is -0.593. The molecular formula is C76H112O24. The minimum absolute atomic E-state index is 0.0378. The Morgan fingerprint density at radius 2 is 0.830 bits per heavy atom. The van der Waals surface area contributed by atoms with Gasteiger partial charge >= 0.3 is 65.7 Å². The molecule has 0 radical (unpaired) electrons. The number of cyclic esters (lactones) is 2. The number of ether oxygens (including phenoxy) is 13. The van der Waals surface area contributed by atoms with Gasteiger partial charge in [0.15, 0.2) is 12.2 Å². The molecule has 10 bridgehead atoms. The molecule has 8 aliphatic carbocycles. The third-order valence-corrected chi connectivity index (χ3v) is 27.0. The summed E-state index contributed by atoms with van der Waals surface area (Å²) in [5, 5.41) is 0. The summed E-state index contributed by atoms with van der Waals surface area (Å²) in [6.07, 6.45) is 7.79. The monoisotopic (exact) mass is 1410 g/mol. The number of rotatable bonds is 16. The van der Waals surface area contributed by atoms with Gasteiger partial charge in [-0.1, -0.05) is 41.5 Å². The Balaban J connectivity index is 0.000000132. The Morgan fingerprint density at radius 3 is 1.33 bits per heavy atom. The lowest BCUT2D eigenvalue weighted by Gasteiger charge is -2.36. The van der Waals surface area contributed by atoms with Gasteiger partial charge in [-0.05, 0) is 164 Å². The van der Waals surface area contributed by atoms with Gasteiger partial charge in [0.2, 0.25) is 0 Å². The fourth-order valence-corrected chi connectivity index (χ4v) is 18.6. The second kappa shape index (κ2) is 29.0. The molecule has 27 atom stereocenters. The van der Waals surface area contributed by atoms with Crippen molar-refractivity contribution in [1.29, 1.82) is 0 Å². The van der Waals surface area contributed by atoms with Crippen molar-refractivity contribution in [1.82, 2.24) is 0 Å². The highest BCUT2D eigenvalue weighted by atomic mass is 16.7. The maximum Gasteiger partial charge on any atom is 0.312 e. The topological polar surface area (TPSA) is 308 Å². The van der Waals surface area contributed by atoms with Crippen LogP contribution in [0.5, 0.6) is 0 Å². The minimum Gasteiger partial charge on any atom is -0.469 e. The van der Waals surface area contributed by atoms with Crippen molar-refractivity contribution in [2.45, 2.75) is 249 Å². The third kappa shape index (κ3) is 13.7. The van der Waals surface area contributed by atoms with Gasteiger partial charge in [-0.2, -0.15) is 0 Å². The summed E-state index contributed by atoms with van der Waals surface area (Å²) in [4.78, 5) is 130. The maximum atomic E-state index is 12.4. The van der Waals surface area contributed by atoms with Gasteiger partial charge in [0, 0.05) is 54.5 Å². The van der Waals surface area contributed by atoms with Crippen molar-refractivity contribution in [3.8, 4) is 0 Å². The van der Waals surface area contributed by atoms with Crippen LogP contribution in [0.4, 0.5) is 0 Å². The number of hydrogen-bond donors (Lipinski definition) is 0. The van der Waals surface area contributed by atoms with Crippen LogP contribution in [-0.4, -0.2) is 161 Å². The lowest BCUT2D eigenvalue weighted by Crippen LogP contribution is -2.47. The van der Waals surface area contributed by atoms with E-state index >= 15 is 0 Å². The number of fused-ring (bicyclic) bond motifs is 13. The molecule has 7 aliphatic heterocycles. The molecule has 0 aromatic rings. The van der Waals surface area contributed by atoms with Crippen molar-refractivity contribution >= 4 is 65.7 Å².